The third kappa shape index (κ3) is 2.54. The van der Waals surface area contributed by atoms with Crippen LogP contribution in [0.3, 0.4) is 0 Å². The lowest BCUT2D eigenvalue weighted by atomic mass is 10.0. The fraction of sp³-hybridized carbons (Fsp3) is 0.250. The van der Waals surface area contributed by atoms with E-state index in [1.165, 1.54) is 0 Å². The molecule has 0 aliphatic carbocycles. The summed E-state index contributed by atoms with van der Waals surface area (Å²) in [6.07, 6.45) is 5.47. The average molecular weight is 282 g/mol. The molecule has 2 aromatic rings. The molecule has 21 heavy (non-hydrogen) atoms. The molecular formula is C16H18N4O. The van der Waals surface area contributed by atoms with Gasteiger partial charge in [0.15, 0.2) is 0 Å². The van der Waals surface area contributed by atoms with E-state index in [1.54, 1.807) is 30.6 Å². The molecule has 1 aromatic carbocycles. The molecule has 1 saturated heterocycles. The molecular weight excluding hydrogens is 264 g/mol. The number of pyridine rings is 1. The zero-order valence-electron chi connectivity index (χ0n) is 11.7. The number of nitrogen functional groups attached to an aromatic ring is 2. The number of likely N-dealkylation sites (tertiary alicyclic amines) is 1. The second kappa shape index (κ2) is 5.44. The summed E-state index contributed by atoms with van der Waals surface area (Å²) in [6, 6.07) is 9.06. The third-order valence-electron chi connectivity index (χ3n) is 3.91. The van der Waals surface area contributed by atoms with Crippen molar-refractivity contribution in [1.29, 1.82) is 0 Å². The molecule has 4 N–H and O–H groups in total. The Labute approximate surface area is 123 Å². The Balaban J connectivity index is 1.90. The van der Waals surface area contributed by atoms with Crippen LogP contribution in [0.15, 0.2) is 42.7 Å². The van der Waals surface area contributed by atoms with Crippen LogP contribution in [0.2, 0.25) is 0 Å². The number of carbonyl (C=O) groups is 1. The summed E-state index contributed by atoms with van der Waals surface area (Å²) in [4.78, 5) is 18.7. The van der Waals surface area contributed by atoms with Crippen LogP contribution in [0.4, 0.5) is 11.4 Å². The highest BCUT2D eigenvalue weighted by Gasteiger charge is 2.31. The lowest BCUT2D eigenvalue weighted by molar-refractivity contribution is 0.0736. The minimum Gasteiger partial charge on any atom is -0.399 e. The highest BCUT2D eigenvalue weighted by atomic mass is 16.2. The van der Waals surface area contributed by atoms with Crippen molar-refractivity contribution in [2.75, 3.05) is 18.0 Å². The van der Waals surface area contributed by atoms with E-state index in [4.69, 9.17) is 11.5 Å². The number of hydrogen-bond acceptors (Lipinski definition) is 4. The highest BCUT2D eigenvalue weighted by Crippen LogP contribution is 2.33. The van der Waals surface area contributed by atoms with Crippen molar-refractivity contribution in [2.24, 2.45) is 0 Å². The fourth-order valence-electron chi connectivity index (χ4n) is 2.87. The average Bonchev–Trinajstić information content (AvgIpc) is 2.97. The molecule has 1 amide bonds. The zero-order valence-corrected chi connectivity index (χ0v) is 11.7. The molecule has 3 rings (SSSR count). The highest BCUT2D eigenvalue weighted by molar-refractivity contribution is 6.00. The SMILES string of the molecule is Nc1ccc(C(=O)N2CCCC2c2ccncc2)c(N)c1. The van der Waals surface area contributed by atoms with E-state index in [1.807, 2.05) is 17.0 Å². The predicted octanol–water partition coefficient (Wildman–Crippen LogP) is 2.22. The van der Waals surface area contributed by atoms with Gasteiger partial charge in [0.05, 0.1) is 11.6 Å². The maximum Gasteiger partial charge on any atom is 0.256 e. The molecule has 0 bridgehead atoms. The van der Waals surface area contributed by atoms with Gasteiger partial charge in [0, 0.05) is 30.3 Å². The number of benzene rings is 1. The molecule has 5 nitrogen and oxygen atoms in total. The van der Waals surface area contributed by atoms with Gasteiger partial charge in [-0.05, 0) is 48.7 Å². The van der Waals surface area contributed by atoms with Gasteiger partial charge < -0.3 is 16.4 Å². The molecule has 0 spiro atoms. The Hall–Kier alpha value is -2.56. The van der Waals surface area contributed by atoms with Crippen LogP contribution in [0.1, 0.15) is 34.8 Å². The molecule has 5 heteroatoms. The van der Waals surface area contributed by atoms with E-state index in [9.17, 15) is 4.79 Å². The molecule has 1 aliphatic heterocycles. The monoisotopic (exact) mass is 282 g/mol. The normalized spacial score (nSPS) is 17.9. The van der Waals surface area contributed by atoms with Gasteiger partial charge in [-0.3, -0.25) is 9.78 Å². The second-order valence-corrected chi connectivity index (χ2v) is 5.28. The first kappa shape index (κ1) is 13.4. The van der Waals surface area contributed by atoms with Gasteiger partial charge >= 0.3 is 0 Å². The number of amides is 1. The number of aromatic nitrogens is 1. The molecule has 2 heterocycles. The Kier molecular flexibility index (Phi) is 3.48. The van der Waals surface area contributed by atoms with E-state index >= 15 is 0 Å². The summed E-state index contributed by atoms with van der Waals surface area (Å²) in [7, 11) is 0. The Morgan fingerprint density at radius 3 is 2.67 bits per heavy atom. The summed E-state index contributed by atoms with van der Waals surface area (Å²) in [5.74, 6) is -0.0354. The lowest BCUT2D eigenvalue weighted by Crippen LogP contribution is -2.31. The van der Waals surface area contributed by atoms with Crippen LogP contribution >= 0.6 is 0 Å². The number of nitrogens with zero attached hydrogens (tertiary/aromatic N) is 2. The molecule has 0 saturated carbocycles. The summed E-state index contributed by atoms with van der Waals surface area (Å²) in [5, 5.41) is 0. The number of anilines is 2. The number of nitrogens with two attached hydrogens (primary N) is 2. The van der Waals surface area contributed by atoms with Gasteiger partial charge in [0.1, 0.15) is 0 Å². The van der Waals surface area contributed by atoms with E-state index in [2.05, 4.69) is 4.98 Å². The van der Waals surface area contributed by atoms with Gasteiger partial charge in [0.2, 0.25) is 0 Å². The molecule has 1 unspecified atom stereocenters. The standard InChI is InChI=1S/C16H18N4O/c17-12-3-4-13(14(18)10-12)16(21)20-9-1-2-15(20)11-5-7-19-8-6-11/h3-8,10,15H,1-2,9,17-18H2. The maximum atomic E-state index is 12.8. The Morgan fingerprint density at radius 2 is 1.95 bits per heavy atom. The van der Waals surface area contributed by atoms with Crippen LogP contribution in [0.25, 0.3) is 0 Å². The van der Waals surface area contributed by atoms with Crippen molar-refractivity contribution in [3.63, 3.8) is 0 Å². The number of carbonyl (C=O) groups excluding carboxylic acids is 1. The quantitative estimate of drug-likeness (QED) is 0.827. The topological polar surface area (TPSA) is 85.2 Å². The van der Waals surface area contributed by atoms with Gasteiger partial charge in [-0.15, -0.1) is 0 Å². The minimum absolute atomic E-state index is 0.0354. The summed E-state index contributed by atoms with van der Waals surface area (Å²) in [6.45, 7) is 0.746. The van der Waals surface area contributed by atoms with Crippen molar-refractivity contribution in [3.8, 4) is 0 Å². The van der Waals surface area contributed by atoms with Gasteiger partial charge in [-0.2, -0.15) is 0 Å². The summed E-state index contributed by atoms with van der Waals surface area (Å²) in [5.41, 5.74) is 14.3. The van der Waals surface area contributed by atoms with Crippen molar-refractivity contribution in [2.45, 2.75) is 18.9 Å². The van der Waals surface area contributed by atoms with Crippen LogP contribution < -0.4 is 11.5 Å². The van der Waals surface area contributed by atoms with Gasteiger partial charge in [0.25, 0.3) is 5.91 Å². The molecule has 108 valence electrons. The van der Waals surface area contributed by atoms with E-state index in [0.29, 0.717) is 16.9 Å². The molecule has 1 aromatic heterocycles. The third-order valence-corrected chi connectivity index (χ3v) is 3.91. The maximum absolute atomic E-state index is 12.8. The van der Waals surface area contributed by atoms with E-state index in [-0.39, 0.29) is 11.9 Å². The lowest BCUT2D eigenvalue weighted by Gasteiger charge is -2.25. The molecule has 1 atom stereocenters. The van der Waals surface area contributed by atoms with E-state index < -0.39 is 0 Å². The minimum atomic E-state index is -0.0354. The predicted molar refractivity (Wildman–Crippen MR) is 82.5 cm³/mol. The Morgan fingerprint density at radius 1 is 1.19 bits per heavy atom. The van der Waals surface area contributed by atoms with Gasteiger partial charge in [-0.1, -0.05) is 0 Å². The van der Waals surface area contributed by atoms with Gasteiger partial charge in [-0.25, -0.2) is 0 Å². The van der Waals surface area contributed by atoms with E-state index in [0.717, 1.165) is 24.9 Å². The smallest absolute Gasteiger partial charge is 0.256 e. The second-order valence-electron chi connectivity index (χ2n) is 5.28. The first-order valence-electron chi connectivity index (χ1n) is 7.02. The molecule has 1 aliphatic rings. The number of hydrogen-bond donors (Lipinski definition) is 2. The van der Waals surface area contributed by atoms with Crippen molar-refractivity contribution in [1.82, 2.24) is 9.88 Å². The number of rotatable bonds is 2. The van der Waals surface area contributed by atoms with Crippen LogP contribution in [0, 0.1) is 0 Å². The van der Waals surface area contributed by atoms with Crippen molar-refractivity contribution < 1.29 is 4.79 Å². The fourth-order valence-corrected chi connectivity index (χ4v) is 2.87. The molecule has 0 radical (unpaired) electrons. The summed E-state index contributed by atoms with van der Waals surface area (Å²) >= 11 is 0. The Bertz CT molecular complexity index is 657. The van der Waals surface area contributed by atoms with Crippen LogP contribution in [-0.4, -0.2) is 22.3 Å². The van der Waals surface area contributed by atoms with Crippen LogP contribution in [-0.2, 0) is 0 Å². The largest absolute Gasteiger partial charge is 0.399 e. The molecule has 1 fully saturated rings. The first-order chi connectivity index (χ1) is 10.2. The van der Waals surface area contributed by atoms with Crippen molar-refractivity contribution >= 4 is 17.3 Å². The van der Waals surface area contributed by atoms with Crippen molar-refractivity contribution in [3.05, 3.63) is 53.9 Å². The summed E-state index contributed by atoms with van der Waals surface area (Å²) < 4.78 is 0. The van der Waals surface area contributed by atoms with Crippen LogP contribution in [0.5, 0.6) is 0 Å². The zero-order chi connectivity index (χ0) is 14.8. The first-order valence-corrected chi connectivity index (χ1v) is 7.02.